The van der Waals surface area contributed by atoms with Gasteiger partial charge in [0.25, 0.3) is 0 Å². The van der Waals surface area contributed by atoms with Crippen LogP contribution in [-0.4, -0.2) is 24.7 Å². The van der Waals surface area contributed by atoms with E-state index in [1.54, 1.807) is 0 Å². The molecule has 0 N–H and O–H groups in total. The molecule has 188 valence electrons. The quantitative estimate of drug-likeness (QED) is 0.355. The molecule has 4 rings (SSSR count). The van der Waals surface area contributed by atoms with E-state index in [-0.39, 0.29) is 24.3 Å². The van der Waals surface area contributed by atoms with E-state index in [9.17, 15) is 57.6 Å². The van der Waals surface area contributed by atoms with E-state index in [0.29, 0.717) is 24.3 Å². The first kappa shape index (κ1) is 25.0. The van der Waals surface area contributed by atoms with Crippen molar-refractivity contribution in [3.05, 3.63) is 59.7 Å². The van der Waals surface area contributed by atoms with Crippen LogP contribution in [0.4, 0.5) is 52.7 Å². The van der Waals surface area contributed by atoms with Crippen molar-refractivity contribution in [2.75, 3.05) is 0 Å². The molecule has 0 saturated heterocycles. The standard InChI is InChI=1S/C18H8F12O3P/c19-15(20,21)13(16(22,23)24)9-5-1-3-7-11(9)34(31,32-13)12-8-4-2-6-10(12)14(33-34,17(25,26)27)18(28,29)30/h1-8H/q-1. The third-order valence-corrected chi connectivity index (χ3v) is 9.25. The van der Waals surface area contributed by atoms with Gasteiger partial charge in [-0.3, -0.25) is 0 Å². The summed E-state index contributed by atoms with van der Waals surface area (Å²) in [5.41, 5.74) is -15.1. The summed E-state index contributed by atoms with van der Waals surface area (Å²) in [7, 11) is -7.68. The van der Waals surface area contributed by atoms with Gasteiger partial charge in [-0.05, 0) is 0 Å². The summed E-state index contributed by atoms with van der Waals surface area (Å²) in [4.78, 5) is 14.2. The number of hydrogen-bond acceptors (Lipinski definition) is 3. The van der Waals surface area contributed by atoms with Crippen molar-refractivity contribution in [3.63, 3.8) is 0 Å². The van der Waals surface area contributed by atoms with Crippen molar-refractivity contribution in [2.24, 2.45) is 0 Å². The number of rotatable bonds is 0. The first-order valence-electron chi connectivity index (χ1n) is 8.83. The summed E-state index contributed by atoms with van der Waals surface area (Å²) in [6.45, 7) is 0. The average Bonchev–Trinajstić information content (AvgIpc) is 3.08. The minimum atomic E-state index is -7.68. The zero-order chi connectivity index (χ0) is 25.8. The second-order valence-corrected chi connectivity index (χ2v) is 10.5. The van der Waals surface area contributed by atoms with E-state index in [2.05, 4.69) is 9.05 Å². The fraction of sp³-hybridized carbons (Fsp3) is 0.333. The number of benzene rings is 2. The third kappa shape index (κ3) is 2.61. The summed E-state index contributed by atoms with van der Waals surface area (Å²) in [5, 5.41) is -3.46. The van der Waals surface area contributed by atoms with Gasteiger partial charge in [-0.1, -0.05) is 0 Å². The van der Waals surface area contributed by atoms with Crippen LogP contribution in [0.1, 0.15) is 11.1 Å². The monoisotopic (exact) mass is 531 g/mol. The first-order chi connectivity index (χ1) is 15.2. The van der Waals surface area contributed by atoms with E-state index in [1.807, 2.05) is 0 Å². The SMILES string of the molecule is [O-]P12(OC(C(F)(F)F)(C(F)(F)F)c3ccccc31)OC(C(F)(F)F)(C(F)(F)F)c1ccccc12. The van der Waals surface area contributed by atoms with Gasteiger partial charge in [0.05, 0.1) is 0 Å². The Kier molecular flexibility index (Phi) is 4.68. The van der Waals surface area contributed by atoms with Crippen LogP contribution in [0, 0.1) is 0 Å². The van der Waals surface area contributed by atoms with Gasteiger partial charge >= 0.3 is 180 Å². The molecular weight excluding hydrogens is 523 g/mol. The Bertz CT molecular complexity index is 1050. The molecule has 3 nitrogen and oxygen atoms in total. The zero-order valence-corrected chi connectivity index (χ0v) is 16.7. The van der Waals surface area contributed by atoms with E-state index in [0.717, 1.165) is 0 Å². The van der Waals surface area contributed by atoms with Crippen molar-refractivity contribution in [2.45, 2.75) is 35.9 Å². The molecule has 0 radical (unpaired) electrons. The summed E-state index contributed by atoms with van der Waals surface area (Å²) >= 11 is 0. The van der Waals surface area contributed by atoms with Gasteiger partial charge in [-0.25, -0.2) is 0 Å². The van der Waals surface area contributed by atoms with Gasteiger partial charge in [-0.15, -0.1) is 0 Å². The predicted molar refractivity (Wildman–Crippen MR) is 88.8 cm³/mol. The maximum atomic E-state index is 14.2. The van der Waals surface area contributed by atoms with Gasteiger partial charge in [0, 0.05) is 0 Å². The molecule has 2 heterocycles. The maximum absolute atomic E-state index is 14.2. The number of fused-ring (bicyclic) bond motifs is 4. The average molecular weight is 531 g/mol. The number of hydrogen-bond donors (Lipinski definition) is 0. The molecule has 0 fully saturated rings. The Hall–Kier alpha value is -2.09. The molecule has 0 amide bonds. The van der Waals surface area contributed by atoms with Crippen molar-refractivity contribution in [1.82, 2.24) is 0 Å². The molecule has 2 aliphatic rings. The summed E-state index contributed by atoms with van der Waals surface area (Å²) in [6, 6.07) is 3.22. The fourth-order valence-corrected chi connectivity index (χ4v) is 8.57. The molecule has 34 heavy (non-hydrogen) atoms. The molecule has 0 atom stereocenters. The van der Waals surface area contributed by atoms with Gasteiger partial charge < -0.3 is 0 Å². The van der Waals surface area contributed by atoms with Crippen LogP contribution in [0.2, 0.25) is 0 Å². The zero-order valence-electron chi connectivity index (χ0n) is 15.8. The Morgan fingerprint density at radius 2 is 0.794 bits per heavy atom. The van der Waals surface area contributed by atoms with E-state index in [1.165, 1.54) is 0 Å². The van der Waals surface area contributed by atoms with Crippen LogP contribution in [-0.2, 0) is 20.2 Å². The normalized spacial score (nSPS) is 23.7. The Morgan fingerprint density at radius 1 is 0.529 bits per heavy atom. The third-order valence-electron chi connectivity index (χ3n) is 5.60. The Balaban J connectivity index is 2.22. The van der Waals surface area contributed by atoms with Gasteiger partial charge in [0.2, 0.25) is 0 Å². The van der Waals surface area contributed by atoms with Crippen molar-refractivity contribution in [3.8, 4) is 0 Å². The van der Waals surface area contributed by atoms with Gasteiger partial charge in [0.1, 0.15) is 0 Å². The van der Waals surface area contributed by atoms with Crippen LogP contribution in [0.3, 0.4) is 0 Å². The summed E-state index contributed by atoms with van der Waals surface area (Å²) in [6.07, 6.45) is -26.1. The second kappa shape index (κ2) is 6.37. The number of halogens is 12. The van der Waals surface area contributed by atoms with Gasteiger partial charge in [-0.2, -0.15) is 0 Å². The van der Waals surface area contributed by atoms with Gasteiger partial charge in [0.15, 0.2) is 0 Å². The van der Waals surface area contributed by atoms with Crippen LogP contribution >= 0.6 is 7.28 Å². The molecular formula is C18H8F12O3P-. The van der Waals surface area contributed by atoms with E-state index < -0.39 is 64.9 Å². The molecule has 0 bridgehead atoms. The van der Waals surface area contributed by atoms with E-state index >= 15 is 0 Å². The molecule has 16 heteroatoms. The van der Waals surface area contributed by atoms with Crippen molar-refractivity contribution < 1.29 is 66.6 Å². The Labute approximate surface area is 181 Å². The molecule has 0 unspecified atom stereocenters. The second-order valence-electron chi connectivity index (χ2n) is 7.45. The van der Waals surface area contributed by atoms with Crippen molar-refractivity contribution >= 4 is 17.9 Å². The molecule has 0 aromatic heterocycles. The van der Waals surface area contributed by atoms with Crippen LogP contribution in [0.15, 0.2) is 48.5 Å². The number of alkyl halides is 12. The topological polar surface area (TPSA) is 41.5 Å². The van der Waals surface area contributed by atoms with Crippen molar-refractivity contribution in [1.29, 1.82) is 0 Å². The molecule has 0 saturated carbocycles. The first-order valence-corrected chi connectivity index (χ1v) is 10.8. The van der Waals surface area contributed by atoms with Crippen LogP contribution in [0.5, 0.6) is 0 Å². The molecule has 2 aromatic rings. The molecule has 2 aliphatic heterocycles. The van der Waals surface area contributed by atoms with Crippen LogP contribution in [0.25, 0.3) is 0 Å². The predicted octanol–water partition coefficient (Wildman–Crippen LogP) is 5.00. The molecule has 2 aromatic carbocycles. The minimum absolute atomic E-state index is 0.1000. The van der Waals surface area contributed by atoms with Crippen LogP contribution < -0.4 is 15.5 Å². The molecule has 0 aliphatic carbocycles. The van der Waals surface area contributed by atoms with E-state index in [4.69, 9.17) is 0 Å². The molecule has 1 spiro atoms. The fourth-order valence-electron chi connectivity index (χ4n) is 4.30. The summed E-state index contributed by atoms with van der Waals surface area (Å²) in [5.74, 6) is 0. The summed E-state index contributed by atoms with van der Waals surface area (Å²) < 4.78 is 176. The Morgan fingerprint density at radius 3 is 1.06 bits per heavy atom.